The quantitative estimate of drug-likeness (QED) is 0.740. The van der Waals surface area contributed by atoms with E-state index >= 15 is 0 Å². The molecule has 0 aliphatic heterocycles. The zero-order valence-corrected chi connectivity index (χ0v) is 10.9. The molecule has 3 rings (SSSR count). The number of primary amides is 1. The molecule has 102 valence electrons. The third-order valence-electron chi connectivity index (χ3n) is 3.30. The molecule has 3 aromatic rings. The molecule has 0 saturated carbocycles. The fraction of sp³-hybridized carbons (Fsp3) is 0. The summed E-state index contributed by atoms with van der Waals surface area (Å²) in [5.41, 5.74) is 14.4. The molecule has 2 aromatic heterocycles. The molecular weight excluding hydrogens is 266 g/mol. The number of carbonyl (C=O) groups excluding carboxylic acids is 1. The van der Waals surface area contributed by atoms with Crippen molar-refractivity contribution in [1.82, 2.24) is 9.61 Å². The van der Waals surface area contributed by atoms with Gasteiger partial charge in [0.05, 0.1) is 34.6 Å². The maximum absolute atomic E-state index is 11.3. The van der Waals surface area contributed by atoms with Crippen LogP contribution in [0.1, 0.15) is 15.9 Å². The maximum Gasteiger partial charge on any atom is 0.252 e. The van der Waals surface area contributed by atoms with Gasteiger partial charge in [-0.3, -0.25) is 4.79 Å². The number of nitriles is 1. The summed E-state index contributed by atoms with van der Waals surface area (Å²) < 4.78 is 1.56. The summed E-state index contributed by atoms with van der Waals surface area (Å²) in [6.45, 7) is 0. The van der Waals surface area contributed by atoms with Crippen molar-refractivity contribution in [2.24, 2.45) is 5.73 Å². The van der Waals surface area contributed by atoms with Gasteiger partial charge in [0.15, 0.2) is 0 Å². The molecule has 21 heavy (non-hydrogen) atoms. The molecule has 1 amide bonds. The summed E-state index contributed by atoms with van der Waals surface area (Å²) in [4.78, 5) is 11.3. The number of nitrogens with two attached hydrogens (primary N) is 2. The number of hydrogen-bond donors (Lipinski definition) is 2. The predicted molar refractivity (Wildman–Crippen MR) is 78.3 cm³/mol. The number of nitrogens with zero attached hydrogens (tertiary/aromatic N) is 3. The average Bonchev–Trinajstić information content (AvgIpc) is 2.92. The second kappa shape index (κ2) is 4.65. The Labute approximate surface area is 120 Å². The molecule has 0 fully saturated rings. The van der Waals surface area contributed by atoms with Crippen molar-refractivity contribution in [3.63, 3.8) is 0 Å². The van der Waals surface area contributed by atoms with Gasteiger partial charge in [0.2, 0.25) is 0 Å². The molecule has 0 atom stereocenters. The smallest absolute Gasteiger partial charge is 0.252 e. The summed E-state index contributed by atoms with van der Waals surface area (Å²) in [5, 5.41) is 13.3. The summed E-state index contributed by atoms with van der Waals surface area (Å²) in [5.74, 6) is -0.623. The Kier molecular flexibility index (Phi) is 2.81. The molecule has 0 saturated heterocycles. The van der Waals surface area contributed by atoms with E-state index in [9.17, 15) is 4.79 Å². The Morgan fingerprint density at radius 3 is 2.81 bits per heavy atom. The van der Waals surface area contributed by atoms with E-state index in [1.54, 1.807) is 28.9 Å². The Balaban J connectivity index is 2.25. The minimum Gasteiger partial charge on any atom is -0.396 e. The number of fused-ring (bicyclic) bond motifs is 1. The van der Waals surface area contributed by atoms with E-state index in [1.807, 2.05) is 12.1 Å². The number of anilines is 1. The second-order valence-electron chi connectivity index (χ2n) is 4.55. The van der Waals surface area contributed by atoms with Crippen LogP contribution in [0.4, 0.5) is 5.69 Å². The lowest BCUT2D eigenvalue weighted by Gasteiger charge is -2.02. The third-order valence-corrected chi connectivity index (χ3v) is 3.30. The van der Waals surface area contributed by atoms with Crippen molar-refractivity contribution in [3.05, 3.63) is 53.9 Å². The molecular formula is C15H11N5O. The van der Waals surface area contributed by atoms with Gasteiger partial charge in [-0.05, 0) is 12.1 Å². The van der Waals surface area contributed by atoms with Crippen molar-refractivity contribution in [1.29, 1.82) is 5.26 Å². The van der Waals surface area contributed by atoms with Crippen LogP contribution in [0.15, 0.2) is 42.7 Å². The molecule has 0 spiro atoms. The molecule has 6 heteroatoms. The number of carbonyl (C=O) groups is 1. The molecule has 1 aromatic carbocycles. The lowest BCUT2D eigenvalue weighted by atomic mass is 10.0. The topological polar surface area (TPSA) is 110 Å². The van der Waals surface area contributed by atoms with Gasteiger partial charge in [-0.15, -0.1) is 0 Å². The minimum atomic E-state index is -0.623. The highest BCUT2D eigenvalue weighted by Crippen LogP contribution is 2.28. The van der Waals surface area contributed by atoms with Gasteiger partial charge in [-0.25, -0.2) is 4.52 Å². The summed E-state index contributed by atoms with van der Waals surface area (Å²) in [6.07, 6.45) is 3.09. The molecule has 0 radical (unpaired) electrons. The molecule has 6 nitrogen and oxygen atoms in total. The Morgan fingerprint density at radius 2 is 2.10 bits per heavy atom. The Bertz CT molecular complexity index is 904. The van der Waals surface area contributed by atoms with Crippen molar-refractivity contribution in [3.8, 4) is 17.2 Å². The first kappa shape index (κ1) is 12.7. The third kappa shape index (κ3) is 1.97. The standard InChI is InChI=1S/C15H11N5O/c16-6-9-3-1-2-4-11(9)10-5-13-14(17)12(15(18)21)7-19-20(13)8-10/h1-5,7-8H,17H2,(H2,18,21). The van der Waals surface area contributed by atoms with E-state index in [0.29, 0.717) is 11.1 Å². The van der Waals surface area contributed by atoms with E-state index in [0.717, 1.165) is 11.1 Å². The van der Waals surface area contributed by atoms with Gasteiger partial charge in [-0.2, -0.15) is 10.4 Å². The molecule has 0 bridgehead atoms. The number of rotatable bonds is 2. The number of amides is 1. The van der Waals surface area contributed by atoms with Crippen LogP contribution in [0.25, 0.3) is 16.6 Å². The van der Waals surface area contributed by atoms with Gasteiger partial charge in [-0.1, -0.05) is 18.2 Å². The largest absolute Gasteiger partial charge is 0.396 e. The van der Waals surface area contributed by atoms with Crippen molar-refractivity contribution in [2.75, 3.05) is 5.73 Å². The zero-order chi connectivity index (χ0) is 15.0. The fourth-order valence-corrected chi connectivity index (χ4v) is 2.25. The van der Waals surface area contributed by atoms with Crippen molar-refractivity contribution in [2.45, 2.75) is 0 Å². The molecule has 4 N–H and O–H groups in total. The SMILES string of the molecule is N#Cc1ccccc1-c1cc2c(N)c(C(N)=O)cnn2c1. The molecule has 0 aliphatic rings. The van der Waals surface area contributed by atoms with Crippen LogP contribution >= 0.6 is 0 Å². The van der Waals surface area contributed by atoms with Crippen LogP contribution in [0.5, 0.6) is 0 Å². The highest BCUT2D eigenvalue weighted by atomic mass is 16.1. The Morgan fingerprint density at radius 1 is 1.33 bits per heavy atom. The lowest BCUT2D eigenvalue weighted by molar-refractivity contribution is 0.100. The van der Waals surface area contributed by atoms with E-state index in [-0.39, 0.29) is 11.3 Å². The van der Waals surface area contributed by atoms with Crippen LogP contribution in [-0.4, -0.2) is 15.5 Å². The summed E-state index contributed by atoms with van der Waals surface area (Å²) in [6, 6.07) is 11.2. The van der Waals surface area contributed by atoms with Crippen molar-refractivity contribution >= 4 is 17.1 Å². The van der Waals surface area contributed by atoms with Crippen LogP contribution in [0.2, 0.25) is 0 Å². The first-order valence-corrected chi connectivity index (χ1v) is 6.18. The van der Waals surface area contributed by atoms with Gasteiger partial charge in [0.1, 0.15) is 0 Å². The van der Waals surface area contributed by atoms with E-state index in [1.165, 1.54) is 6.20 Å². The lowest BCUT2D eigenvalue weighted by Crippen LogP contribution is -2.15. The van der Waals surface area contributed by atoms with Crippen LogP contribution in [-0.2, 0) is 0 Å². The van der Waals surface area contributed by atoms with E-state index in [4.69, 9.17) is 16.7 Å². The average molecular weight is 277 g/mol. The fourth-order valence-electron chi connectivity index (χ4n) is 2.25. The van der Waals surface area contributed by atoms with Gasteiger partial charge >= 0.3 is 0 Å². The summed E-state index contributed by atoms with van der Waals surface area (Å²) >= 11 is 0. The Hall–Kier alpha value is -3.33. The van der Waals surface area contributed by atoms with Crippen LogP contribution < -0.4 is 11.5 Å². The monoisotopic (exact) mass is 277 g/mol. The van der Waals surface area contributed by atoms with Gasteiger partial charge in [0, 0.05) is 17.3 Å². The predicted octanol–water partition coefficient (Wildman–Crippen LogP) is 1.55. The van der Waals surface area contributed by atoms with Crippen LogP contribution in [0, 0.1) is 11.3 Å². The van der Waals surface area contributed by atoms with Crippen LogP contribution in [0.3, 0.4) is 0 Å². The number of hydrogen-bond acceptors (Lipinski definition) is 4. The zero-order valence-electron chi connectivity index (χ0n) is 10.9. The minimum absolute atomic E-state index is 0.181. The first-order valence-electron chi connectivity index (χ1n) is 6.18. The van der Waals surface area contributed by atoms with E-state index < -0.39 is 5.91 Å². The second-order valence-corrected chi connectivity index (χ2v) is 4.55. The molecule has 0 unspecified atom stereocenters. The number of nitrogen functional groups attached to an aromatic ring is 1. The normalized spacial score (nSPS) is 10.4. The maximum atomic E-state index is 11.3. The highest BCUT2D eigenvalue weighted by molar-refractivity contribution is 6.01. The van der Waals surface area contributed by atoms with E-state index in [2.05, 4.69) is 11.2 Å². The van der Waals surface area contributed by atoms with Gasteiger partial charge in [0.25, 0.3) is 5.91 Å². The summed E-state index contributed by atoms with van der Waals surface area (Å²) in [7, 11) is 0. The number of benzene rings is 1. The van der Waals surface area contributed by atoms with Crippen molar-refractivity contribution < 1.29 is 4.79 Å². The number of aromatic nitrogens is 2. The van der Waals surface area contributed by atoms with Gasteiger partial charge < -0.3 is 11.5 Å². The molecule has 0 aliphatic carbocycles. The first-order chi connectivity index (χ1) is 10.1. The highest BCUT2D eigenvalue weighted by Gasteiger charge is 2.13. The molecule has 2 heterocycles.